The number of hydrogen-bond donors (Lipinski definition) is 0. The van der Waals surface area contributed by atoms with E-state index in [0.717, 1.165) is 61.1 Å². The molecular weight excluding hydrogens is 887 g/mol. The van der Waals surface area contributed by atoms with Crippen LogP contribution in [0, 0.1) is 0 Å². The molecule has 0 fully saturated rings. The summed E-state index contributed by atoms with van der Waals surface area (Å²) in [6.45, 7) is 0. The minimum Gasteiger partial charge on any atom is -0.309 e. The van der Waals surface area contributed by atoms with E-state index in [9.17, 15) is 0 Å². The molecule has 0 atom stereocenters. The van der Waals surface area contributed by atoms with Gasteiger partial charge in [0.05, 0.1) is 50.0 Å². The first kappa shape index (κ1) is 39.9. The third kappa shape index (κ3) is 5.91. The van der Waals surface area contributed by atoms with E-state index >= 15 is 0 Å². The number of aromatic nitrogens is 5. The Labute approximate surface area is 418 Å². The fraction of sp³-hybridized carbons (Fsp3) is 0. The summed E-state index contributed by atoms with van der Waals surface area (Å²) in [5.41, 5.74) is 14.3. The lowest BCUT2D eigenvalue weighted by Crippen LogP contribution is -1.99. The molecule has 0 unspecified atom stereocenters. The van der Waals surface area contributed by atoms with Crippen molar-refractivity contribution in [2.75, 3.05) is 0 Å². The maximum absolute atomic E-state index is 5.52. The van der Waals surface area contributed by atoms with Crippen molar-refractivity contribution in [1.29, 1.82) is 0 Å². The molecule has 0 bridgehead atoms. The molecule has 0 amide bonds. The summed E-state index contributed by atoms with van der Waals surface area (Å²) < 4.78 is 7.25. The van der Waals surface area contributed by atoms with Gasteiger partial charge in [-0.2, -0.15) is 0 Å². The SMILES string of the molecule is c1ccc(-n2c3ccccc3c3ccc(-c4nc(-c5ccc(-n6c7ccccc7c7cc8cc(-n9c%10ccccc%10c%10cc%11ccccc%11cc%109)ccc8cc76)c6ccccc56)c5ccccc5n4)cc32)cc1. The number of rotatable bonds is 5. The standard InChI is InChI=1S/C68H41N5/c1-2-18-47(19-3-1)71-60-27-13-9-22-51(60)54-33-31-45(41-64(54)71)68-69-59-26-12-8-25-56(59)67(70-68)55-34-35-63(50-21-7-6-20-49(50)55)73-62-29-15-11-24-53(62)58-38-46-36-48(32-30-44(46)40-66(58)73)72-61-28-14-10-23-52(61)57-37-42-16-4-5-17-43(42)39-65(57)72/h1-41H. The van der Waals surface area contributed by atoms with Crippen LogP contribution in [0.25, 0.3) is 148 Å². The number of hydrogen-bond acceptors (Lipinski definition) is 2. The molecule has 73 heavy (non-hydrogen) atoms. The minimum absolute atomic E-state index is 0.692. The third-order valence-corrected chi connectivity index (χ3v) is 15.4. The Morgan fingerprint density at radius 3 is 1.52 bits per heavy atom. The van der Waals surface area contributed by atoms with Crippen molar-refractivity contribution in [1.82, 2.24) is 23.7 Å². The molecule has 5 heteroatoms. The lowest BCUT2D eigenvalue weighted by molar-refractivity contribution is 1.18. The smallest absolute Gasteiger partial charge is 0.160 e. The van der Waals surface area contributed by atoms with Crippen LogP contribution in [0.4, 0.5) is 0 Å². The second-order valence-corrected chi connectivity index (χ2v) is 19.3. The predicted molar refractivity (Wildman–Crippen MR) is 306 cm³/mol. The summed E-state index contributed by atoms with van der Waals surface area (Å²) in [5, 5.41) is 15.5. The van der Waals surface area contributed by atoms with Crippen LogP contribution in [-0.2, 0) is 0 Å². The third-order valence-electron chi connectivity index (χ3n) is 15.4. The van der Waals surface area contributed by atoms with E-state index in [1.165, 1.54) is 81.4 Å². The largest absolute Gasteiger partial charge is 0.309 e. The highest BCUT2D eigenvalue weighted by atomic mass is 15.0. The van der Waals surface area contributed by atoms with Crippen LogP contribution >= 0.6 is 0 Å². The molecule has 0 spiro atoms. The predicted octanol–water partition coefficient (Wildman–Crippen LogP) is 17.7. The first-order valence-corrected chi connectivity index (χ1v) is 25.0. The van der Waals surface area contributed by atoms with Crippen molar-refractivity contribution in [2.45, 2.75) is 0 Å². The van der Waals surface area contributed by atoms with E-state index < -0.39 is 0 Å². The molecule has 338 valence electrons. The molecule has 0 saturated heterocycles. The fourth-order valence-corrected chi connectivity index (χ4v) is 12.1. The Bertz CT molecular complexity index is 4980. The molecule has 0 aliphatic carbocycles. The van der Waals surface area contributed by atoms with Crippen molar-refractivity contribution in [2.24, 2.45) is 0 Å². The van der Waals surface area contributed by atoms with Crippen LogP contribution in [0.3, 0.4) is 0 Å². The molecule has 16 rings (SSSR count). The van der Waals surface area contributed by atoms with Gasteiger partial charge in [-0.3, -0.25) is 0 Å². The van der Waals surface area contributed by atoms with Crippen LogP contribution in [0.2, 0.25) is 0 Å². The summed E-state index contributed by atoms with van der Waals surface area (Å²) in [4.78, 5) is 10.8. The molecule has 0 saturated carbocycles. The van der Waals surface area contributed by atoms with Crippen LogP contribution < -0.4 is 0 Å². The van der Waals surface area contributed by atoms with Crippen molar-refractivity contribution >= 4 is 109 Å². The molecule has 0 radical (unpaired) electrons. The molecule has 16 aromatic rings. The van der Waals surface area contributed by atoms with Gasteiger partial charge in [0.2, 0.25) is 0 Å². The highest BCUT2D eigenvalue weighted by Gasteiger charge is 2.21. The monoisotopic (exact) mass is 927 g/mol. The van der Waals surface area contributed by atoms with Crippen molar-refractivity contribution in [3.05, 3.63) is 249 Å². The zero-order valence-electron chi connectivity index (χ0n) is 39.4. The molecule has 0 aliphatic heterocycles. The Balaban J connectivity index is 0.870. The van der Waals surface area contributed by atoms with Gasteiger partial charge >= 0.3 is 0 Å². The van der Waals surface area contributed by atoms with Gasteiger partial charge in [0.1, 0.15) is 0 Å². The summed E-state index contributed by atoms with van der Waals surface area (Å²) in [6, 6.07) is 90.5. The van der Waals surface area contributed by atoms with Crippen molar-refractivity contribution in [3.8, 4) is 39.7 Å². The number of fused-ring (bicyclic) bond motifs is 13. The Kier molecular flexibility index (Phi) is 8.39. The first-order chi connectivity index (χ1) is 36.2. The van der Waals surface area contributed by atoms with Gasteiger partial charge in [0.25, 0.3) is 0 Å². The Morgan fingerprint density at radius 1 is 0.260 bits per heavy atom. The molecule has 0 aliphatic rings. The highest BCUT2D eigenvalue weighted by Crippen LogP contribution is 2.43. The number of para-hydroxylation sites is 5. The molecule has 12 aromatic carbocycles. The maximum Gasteiger partial charge on any atom is 0.160 e. The van der Waals surface area contributed by atoms with E-state index in [2.05, 4.69) is 262 Å². The fourth-order valence-electron chi connectivity index (χ4n) is 12.1. The zero-order valence-corrected chi connectivity index (χ0v) is 39.4. The van der Waals surface area contributed by atoms with E-state index in [1.54, 1.807) is 0 Å². The molecule has 0 N–H and O–H groups in total. The quantitative estimate of drug-likeness (QED) is 0.173. The molecule has 4 aromatic heterocycles. The normalized spacial score (nSPS) is 12.1. The summed E-state index contributed by atoms with van der Waals surface area (Å²) >= 11 is 0. The maximum atomic E-state index is 5.52. The summed E-state index contributed by atoms with van der Waals surface area (Å²) in [5.74, 6) is 0.692. The van der Waals surface area contributed by atoms with Gasteiger partial charge in [0.15, 0.2) is 5.82 Å². The molecule has 5 nitrogen and oxygen atoms in total. The van der Waals surface area contributed by atoms with Gasteiger partial charge in [-0.25, -0.2) is 9.97 Å². The van der Waals surface area contributed by atoms with Crippen LogP contribution in [0.5, 0.6) is 0 Å². The first-order valence-electron chi connectivity index (χ1n) is 25.0. The summed E-state index contributed by atoms with van der Waals surface area (Å²) in [6.07, 6.45) is 0. The van der Waals surface area contributed by atoms with E-state index in [-0.39, 0.29) is 0 Å². The summed E-state index contributed by atoms with van der Waals surface area (Å²) in [7, 11) is 0. The second kappa shape index (κ2) is 15.3. The van der Waals surface area contributed by atoms with Crippen LogP contribution in [-0.4, -0.2) is 23.7 Å². The lowest BCUT2D eigenvalue weighted by Gasteiger charge is -2.16. The average Bonchev–Trinajstić information content (AvgIpc) is 4.09. The van der Waals surface area contributed by atoms with Crippen molar-refractivity contribution < 1.29 is 0 Å². The second-order valence-electron chi connectivity index (χ2n) is 19.3. The van der Waals surface area contributed by atoms with E-state index in [4.69, 9.17) is 9.97 Å². The average molecular weight is 928 g/mol. The van der Waals surface area contributed by atoms with Crippen LogP contribution in [0.1, 0.15) is 0 Å². The molecule has 4 heterocycles. The Morgan fingerprint density at radius 2 is 0.781 bits per heavy atom. The zero-order chi connectivity index (χ0) is 47.7. The van der Waals surface area contributed by atoms with Crippen molar-refractivity contribution in [3.63, 3.8) is 0 Å². The van der Waals surface area contributed by atoms with E-state index in [0.29, 0.717) is 5.82 Å². The molecular formula is C68H41N5. The topological polar surface area (TPSA) is 40.6 Å². The number of benzene rings is 12. The van der Waals surface area contributed by atoms with Gasteiger partial charge in [-0.15, -0.1) is 0 Å². The van der Waals surface area contributed by atoms with Crippen LogP contribution in [0.15, 0.2) is 249 Å². The van der Waals surface area contributed by atoms with Gasteiger partial charge < -0.3 is 13.7 Å². The van der Waals surface area contributed by atoms with E-state index in [1.807, 2.05) is 0 Å². The van der Waals surface area contributed by atoms with Gasteiger partial charge in [-0.1, -0.05) is 164 Å². The van der Waals surface area contributed by atoms with Gasteiger partial charge in [0, 0.05) is 65.6 Å². The highest BCUT2D eigenvalue weighted by molar-refractivity contribution is 6.17. The van der Waals surface area contributed by atoms with Gasteiger partial charge in [-0.05, 0) is 112 Å². The lowest BCUT2D eigenvalue weighted by atomic mass is 9.97. The minimum atomic E-state index is 0.692. The Hall–Kier alpha value is -9.84. The number of nitrogens with zero attached hydrogens (tertiary/aromatic N) is 5.